The Labute approximate surface area is 122 Å². The SMILES string of the molecule is O=C(O)C(CCCCCCO)Cc1cccc(Br)c1. The summed E-state index contributed by atoms with van der Waals surface area (Å²) in [5, 5.41) is 17.9. The van der Waals surface area contributed by atoms with E-state index in [1.165, 1.54) is 0 Å². The molecule has 0 aliphatic carbocycles. The number of aliphatic carboxylic acids is 1. The lowest BCUT2D eigenvalue weighted by atomic mass is 9.93. The highest BCUT2D eigenvalue weighted by atomic mass is 79.9. The van der Waals surface area contributed by atoms with E-state index in [0.717, 1.165) is 35.7 Å². The van der Waals surface area contributed by atoms with Gasteiger partial charge in [0.05, 0.1) is 5.92 Å². The summed E-state index contributed by atoms with van der Waals surface area (Å²) in [6, 6.07) is 7.81. The van der Waals surface area contributed by atoms with E-state index in [1.54, 1.807) is 0 Å². The molecule has 1 unspecified atom stereocenters. The van der Waals surface area contributed by atoms with Crippen molar-refractivity contribution in [2.75, 3.05) is 6.61 Å². The molecular weight excluding hydrogens is 308 g/mol. The minimum absolute atomic E-state index is 0.223. The molecule has 0 spiro atoms. The fraction of sp³-hybridized carbons (Fsp3) is 0.533. The molecule has 1 aromatic carbocycles. The number of benzene rings is 1. The van der Waals surface area contributed by atoms with Crippen molar-refractivity contribution in [1.29, 1.82) is 0 Å². The minimum Gasteiger partial charge on any atom is -0.481 e. The maximum absolute atomic E-state index is 11.3. The minimum atomic E-state index is -0.720. The summed E-state index contributed by atoms with van der Waals surface area (Å²) in [4.78, 5) is 11.3. The number of carbonyl (C=O) groups is 1. The molecule has 3 nitrogen and oxygen atoms in total. The van der Waals surface area contributed by atoms with Crippen molar-refractivity contribution in [3.63, 3.8) is 0 Å². The van der Waals surface area contributed by atoms with E-state index >= 15 is 0 Å². The first kappa shape index (κ1) is 16.2. The van der Waals surface area contributed by atoms with Crippen LogP contribution in [0, 0.1) is 5.92 Å². The van der Waals surface area contributed by atoms with Gasteiger partial charge in [-0.15, -0.1) is 0 Å². The molecule has 4 heteroatoms. The number of hydrogen-bond acceptors (Lipinski definition) is 2. The van der Waals surface area contributed by atoms with Gasteiger partial charge in [-0.1, -0.05) is 47.3 Å². The standard InChI is InChI=1S/C15H21BrO3/c16-14-8-5-6-12(11-14)10-13(15(18)19)7-3-1-2-4-9-17/h5-6,8,11,13,17H,1-4,7,9-10H2,(H,18,19). The Morgan fingerprint density at radius 3 is 2.58 bits per heavy atom. The molecule has 19 heavy (non-hydrogen) atoms. The van der Waals surface area contributed by atoms with Crippen LogP contribution in [0.2, 0.25) is 0 Å². The first-order valence-electron chi connectivity index (χ1n) is 6.71. The molecule has 0 fully saturated rings. The van der Waals surface area contributed by atoms with Gasteiger partial charge in [-0.3, -0.25) is 4.79 Å². The van der Waals surface area contributed by atoms with E-state index in [-0.39, 0.29) is 12.5 Å². The van der Waals surface area contributed by atoms with Crippen LogP contribution in [0.15, 0.2) is 28.7 Å². The van der Waals surface area contributed by atoms with Gasteiger partial charge in [0.25, 0.3) is 0 Å². The summed E-state index contributed by atoms with van der Waals surface area (Å²) in [5.74, 6) is -1.04. The topological polar surface area (TPSA) is 57.5 Å². The van der Waals surface area contributed by atoms with Gasteiger partial charge in [0.1, 0.15) is 0 Å². The highest BCUT2D eigenvalue weighted by Gasteiger charge is 2.17. The molecule has 106 valence electrons. The Bertz CT molecular complexity index is 393. The average Bonchev–Trinajstić information content (AvgIpc) is 2.37. The molecule has 2 N–H and O–H groups in total. The average molecular weight is 329 g/mol. The number of halogens is 1. The molecule has 1 atom stereocenters. The normalized spacial score (nSPS) is 12.3. The molecule has 0 saturated heterocycles. The smallest absolute Gasteiger partial charge is 0.306 e. The highest BCUT2D eigenvalue weighted by molar-refractivity contribution is 9.10. The van der Waals surface area contributed by atoms with Gasteiger partial charge in [0.15, 0.2) is 0 Å². The summed E-state index contributed by atoms with van der Waals surface area (Å²) < 4.78 is 0.983. The van der Waals surface area contributed by atoms with Crippen LogP contribution in [0.5, 0.6) is 0 Å². The number of aliphatic hydroxyl groups excluding tert-OH is 1. The molecular formula is C15H21BrO3. The molecule has 0 radical (unpaired) electrons. The zero-order valence-corrected chi connectivity index (χ0v) is 12.6. The quantitative estimate of drug-likeness (QED) is 0.680. The first-order chi connectivity index (χ1) is 9.13. The Kier molecular flexibility index (Phi) is 7.75. The lowest BCUT2D eigenvalue weighted by Gasteiger charge is -2.12. The summed E-state index contributed by atoms with van der Waals surface area (Å²) >= 11 is 3.40. The Balaban J connectivity index is 2.42. The Hall–Kier alpha value is -0.870. The van der Waals surface area contributed by atoms with E-state index in [1.807, 2.05) is 24.3 Å². The lowest BCUT2D eigenvalue weighted by Crippen LogP contribution is -2.16. The fourth-order valence-electron chi connectivity index (χ4n) is 2.12. The van der Waals surface area contributed by atoms with Crippen molar-refractivity contribution >= 4 is 21.9 Å². The number of carboxylic acid groups (broad SMARTS) is 1. The van der Waals surface area contributed by atoms with Crippen molar-refractivity contribution in [1.82, 2.24) is 0 Å². The van der Waals surface area contributed by atoms with Crippen molar-refractivity contribution in [2.45, 2.75) is 38.5 Å². The van der Waals surface area contributed by atoms with Gasteiger partial charge in [-0.2, -0.15) is 0 Å². The molecule has 0 heterocycles. The third-order valence-electron chi connectivity index (χ3n) is 3.18. The van der Waals surface area contributed by atoms with Crippen LogP contribution >= 0.6 is 15.9 Å². The predicted molar refractivity (Wildman–Crippen MR) is 79.1 cm³/mol. The van der Waals surface area contributed by atoms with Crippen molar-refractivity contribution in [3.8, 4) is 0 Å². The van der Waals surface area contributed by atoms with Gasteiger partial charge in [0.2, 0.25) is 0 Å². The Morgan fingerprint density at radius 2 is 1.95 bits per heavy atom. The zero-order valence-electron chi connectivity index (χ0n) is 11.0. The van der Waals surface area contributed by atoms with Crippen LogP contribution in [0.25, 0.3) is 0 Å². The summed E-state index contributed by atoms with van der Waals surface area (Å²) in [6.45, 7) is 0.223. The highest BCUT2D eigenvalue weighted by Crippen LogP contribution is 2.19. The van der Waals surface area contributed by atoms with E-state index in [0.29, 0.717) is 12.8 Å². The van der Waals surface area contributed by atoms with Crippen LogP contribution in [-0.2, 0) is 11.2 Å². The van der Waals surface area contributed by atoms with Crippen molar-refractivity contribution < 1.29 is 15.0 Å². The van der Waals surface area contributed by atoms with Crippen LogP contribution in [0.4, 0.5) is 0 Å². The second kappa shape index (κ2) is 9.10. The van der Waals surface area contributed by atoms with Gasteiger partial charge in [0, 0.05) is 11.1 Å². The molecule has 0 bridgehead atoms. The third-order valence-corrected chi connectivity index (χ3v) is 3.67. The molecule has 0 amide bonds. The van der Waals surface area contributed by atoms with E-state index in [4.69, 9.17) is 5.11 Å². The maximum atomic E-state index is 11.3. The number of aliphatic hydroxyl groups is 1. The largest absolute Gasteiger partial charge is 0.481 e. The van der Waals surface area contributed by atoms with Gasteiger partial charge in [-0.25, -0.2) is 0 Å². The number of hydrogen-bond donors (Lipinski definition) is 2. The molecule has 1 aromatic rings. The molecule has 0 aromatic heterocycles. The molecule has 0 aliphatic rings. The van der Waals surface area contributed by atoms with Crippen LogP contribution in [0.3, 0.4) is 0 Å². The molecule has 1 rings (SSSR count). The van der Waals surface area contributed by atoms with Gasteiger partial charge < -0.3 is 10.2 Å². The van der Waals surface area contributed by atoms with E-state index < -0.39 is 5.97 Å². The third kappa shape index (κ3) is 6.73. The van der Waals surface area contributed by atoms with Crippen molar-refractivity contribution in [3.05, 3.63) is 34.3 Å². The van der Waals surface area contributed by atoms with Gasteiger partial charge >= 0.3 is 5.97 Å². The summed E-state index contributed by atoms with van der Waals surface area (Å²) in [5.41, 5.74) is 1.05. The van der Waals surface area contributed by atoms with Crippen molar-refractivity contribution in [2.24, 2.45) is 5.92 Å². The summed E-state index contributed by atoms with van der Waals surface area (Å²) in [6.07, 6.45) is 4.96. The zero-order chi connectivity index (χ0) is 14.1. The summed E-state index contributed by atoms with van der Waals surface area (Å²) in [7, 11) is 0. The van der Waals surface area contributed by atoms with E-state index in [9.17, 15) is 9.90 Å². The first-order valence-corrected chi connectivity index (χ1v) is 7.51. The second-order valence-corrected chi connectivity index (χ2v) is 5.71. The van der Waals surface area contributed by atoms with Gasteiger partial charge in [-0.05, 0) is 37.0 Å². The maximum Gasteiger partial charge on any atom is 0.306 e. The molecule has 0 saturated carbocycles. The monoisotopic (exact) mass is 328 g/mol. The van der Waals surface area contributed by atoms with Crippen LogP contribution in [-0.4, -0.2) is 22.8 Å². The molecule has 0 aliphatic heterocycles. The Morgan fingerprint density at radius 1 is 1.21 bits per heavy atom. The fourth-order valence-corrected chi connectivity index (χ4v) is 2.56. The van der Waals surface area contributed by atoms with E-state index in [2.05, 4.69) is 15.9 Å². The van der Waals surface area contributed by atoms with Crippen LogP contribution in [0.1, 0.15) is 37.7 Å². The number of carboxylic acids is 1. The number of rotatable bonds is 9. The van der Waals surface area contributed by atoms with Crippen LogP contribution < -0.4 is 0 Å². The lowest BCUT2D eigenvalue weighted by molar-refractivity contribution is -0.142. The second-order valence-electron chi connectivity index (χ2n) is 4.80. The predicted octanol–water partition coefficient (Wildman–Crippen LogP) is 3.64. The number of unbranched alkanes of at least 4 members (excludes halogenated alkanes) is 3.